The summed E-state index contributed by atoms with van der Waals surface area (Å²) in [5.41, 5.74) is 7.93. The molecule has 0 bridgehead atoms. The highest BCUT2D eigenvalue weighted by Gasteiger charge is 2.14. The van der Waals surface area contributed by atoms with E-state index in [1.54, 1.807) is 12.1 Å². The van der Waals surface area contributed by atoms with Crippen LogP contribution in [0, 0.1) is 5.82 Å². The van der Waals surface area contributed by atoms with Gasteiger partial charge in [0, 0.05) is 11.1 Å². The molecule has 0 aliphatic carbocycles. The second kappa shape index (κ2) is 22.2. The van der Waals surface area contributed by atoms with Crippen LogP contribution in [0.3, 0.4) is 0 Å². The molecule has 0 unspecified atom stereocenters. The number of rotatable bonds is 9. The summed E-state index contributed by atoms with van der Waals surface area (Å²) in [6.07, 6.45) is 0.997. The molecule has 6 aromatic carbocycles. The minimum absolute atomic E-state index is 0. The molecule has 0 heterocycles. The fourth-order valence-electron chi connectivity index (χ4n) is 5.06. The smallest absolute Gasteiger partial charge is 0.414 e. The van der Waals surface area contributed by atoms with Crippen LogP contribution in [-0.2, 0) is 9.59 Å². The van der Waals surface area contributed by atoms with Gasteiger partial charge in [0.25, 0.3) is 0 Å². The third kappa shape index (κ3) is 12.6. The molecule has 0 aliphatic rings. The average Bonchev–Trinajstić information content (AvgIpc) is 3.20. The quantitative estimate of drug-likeness (QED) is 0.113. The predicted octanol–water partition coefficient (Wildman–Crippen LogP) is 12.4. The molecule has 54 heavy (non-hydrogen) atoms. The summed E-state index contributed by atoms with van der Waals surface area (Å²) in [5.74, 6) is -3.02. The lowest BCUT2D eigenvalue weighted by Crippen LogP contribution is -2.09. The Kier molecular flexibility index (Phi) is 17.5. The van der Waals surface area contributed by atoms with E-state index in [4.69, 9.17) is 47.7 Å². The molecule has 5 nitrogen and oxygen atoms in total. The van der Waals surface area contributed by atoms with Gasteiger partial charge in [-0.2, -0.15) is 0 Å². The summed E-state index contributed by atoms with van der Waals surface area (Å²) < 4.78 is 18.9. The van der Waals surface area contributed by atoms with Crippen LogP contribution in [0.5, 0.6) is 5.75 Å². The highest BCUT2D eigenvalue weighted by molar-refractivity contribution is 6.53. The number of carboxylic acids is 2. The zero-order chi connectivity index (χ0) is 38.0. The third-order valence-corrected chi connectivity index (χ3v) is 8.36. The molecule has 276 valence electrons. The molecule has 8 heteroatoms. The largest absolute Gasteiger partial charge is 0.494 e. The van der Waals surface area contributed by atoms with Gasteiger partial charge < -0.3 is 14.9 Å². The number of halogens is 3. The standard InChI is InChI=1S/C23H21ClO.C20H14ClF.C2H2O4.CH4/c1-2-17-25-21-15-13-19(14-16-21)22(18-9-5-3-6-10-18)23(24)20-11-7-4-8-12-20;21-20(17-9-5-2-6-10-17)19(15-7-3-1-4-8-15)16-11-13-18(22)14-12-16;3-1(4)2(5)6;/h3-16H,2,17H2,1H3;1-14H;(H,3,4)(H,5,6);1H4/b23-22-;20-19-;;. The maximum absolute atomic E-state index is 13.2. The summed E-state index contributed by atoms with van der Waals surface area (Å²) >= 11 is 13.5. The molecule has 0 radical (unpaired) electrons. The molecular formula is C46H41Cl2FO5. The van der Waals surface area contributed by atoms with E-state index >= 15 is 0 Å². The van der Waals surface area contributed by atoms with Gasteiger partial charge in [0.2, 0.25) is 0 Å². The molecule has 0 atom stereocenters. The molecule has 0 aliphatic heterocycles. The van der Waals surface area contributed by atoms with E-state index in [2.05, 4.69) is 31.2 Å². The van der Waals surface area contributed by atoms with E-state index in [0.29, 0.717) is 5.03 Å². The normalized spacial score (nSPS) is 11.1. The molecule has 2 N–H and O–H groups in total. The number of carboxylic acid groups (broad SMARTS) is 2. The van der Waals surface area contributed by atoms with Crippen LogP contribution >= 0.6 is 23.2 Å². The highest BCUT2D eigenvalue weighted by atomic mass is 35.5. The van der Waals surface area contributed by atoms with Gasteiger partial charge in [-0.15, -0.1) is 0 Å². The Morgan fingerprint density at radius 1 is 0.500 bits per heavy atom. The Morgan fingerprint density at radius 2 is 0.796 bits per heavy atom. The highest BCUT2D eigenvalue weighted by Crippen LogP contribution is 2.36. The van der Waals surface area contributed by atoms with Gasteiger partial charge in [-0.1, -0.05) is 183 Å². The van der Waals surface area contributed by atoms with Crippen molar-refractivity contribution in [1.82, 2.24) is 0 Å². The Balaban J connectivity index is 0.000000250. The topological polar surface area (TPSA) is 83.8 Å². The molecular weight excluding hydrogens is 722 g/mol. The first-order chi connectivity index (χ1) is 25.7. The van der Waals surface area contributed by atoms with Gasteiger partial charge >= 0.3 is 11.9 Å². The summed E-state index contributed by atoms with van der Waals surface area (Å²) in [4.78, 5) is 18.2. The number of hydrogen-bond acceptors (Lipinski definition) is 3. The van der Waals surface area contributed by atoms with Crippen molar-refractivity contribution in [3.8, 4) is 5.75 Å². The van der Waals surface area contributed by atoms with Gasteiger partial charge in [0.15, 0.2) is 0 Å². The van der Waals surface area contributed by atoms with Gasteiger partial charge in [-0.25, -0.2) is 14.0 Å². The fraction of sp³-hybridized carbons (Fsp3) is 0.0870. The number of ether oxygens (including phenoxy) is 1. The fourth-order valence-corrected chi connectivity index (χ4v) is 5.75. The maximum Gasteiger partial charge on any atom is 0.414 e. The number of hydrogen-bond donors (Lipinski definition) is 2. The van der Waals surface area contributed by atoms with Crippen molar-refractivity contribution >= 4 is 56.4 Å². The van der Waals surface area contributed by atoms with E-state index in [1.807, 2.05) is 121 Å². The van der Waals surface area contributed by atoms with Crippen LogP contribution in [-0.4, -0.2) is 28.8 Å². The molecule has 0 aromatic heterocycles. The molecule has 6 aromatic rings. The van der Waals surface area contributed by atoms with Crippen LogP contribution in [0.2, 0.25) is 0 Å². The second-order valence-corrected chi connectivity index (χ2v) is 12.1. The minimum Gasteiger partial charge on any atom is -0.494 e. The van der Waals surface area contributed by atoms with Crippen LogP contribution in [0.25, 0.3) is 21.2 Å². The number of benzene rings is 6. The lowest BCUT2D eigenvalue weighted by molar-refractivity contribution is -0.159. The van der Waals surface area contributed by atoms with Gasteiger partial charge in [-0.05, 0) is 64.1 Å². The van der Waals surface area contributed by atoms with Crippen molar-refractivity contribution in [1.29, 1.82) is 0 Å². The lowest BCUT2D eigenvalue weighted by atomic mass is 9.95. The molecule has 0 amide bonds. The Bertz CT molecular complexity index is 2090. The maximum atomic E-state index is 13.2. The monoisotopic (exact) mass is 762 g/mol. The minimum atomic E-state index is -1.82. The zero-order valence-corrected chi connectivity index (χ0v) is 30.3. The number of carbonyl (C=O) groups is 2. The van der Waals surface area contributed by atoms with E-state index in [1.165, 1.54) is 12.1 Å². The molecule has 0 saturated carbocycles. The summed E-state index contributed by atoms with van der Waals surface area (Å²) in [6.45, 7) is 2.83. The summed E-state index contributed by atoms with van der Waals surface area (Å²) in [6, 6.07) is 54.5. The Morgan fingerprint density at radius 3 is 1.11 bits per heavy atom. The predicted molar refractivity (Wildman–Crippen MR) is 220 cm³/mol. The van der Waals surface area contributed by atoms with Gasteiger partial charge in [-0.3, -0.25) is 0 Å². The SMILES string of the molecule is C.CCCOc1ccc(/C(=C(\Cl)c2ccccc2)c2ccccc2)cc1.Fc1ccc(/C(=C(\Cl)c2ccccc2)c2ccccc2)cc1.O=C(O)C(=O)O. The lowest BCUT2D eigenvalue weighted by Gasteiger charge is -2.13. The Labute approximate surface area is 326 Å². The second-order valence-electron chi connectivity index (χ2n) is 11.3. The Hall–Kier alpha value is -5.95. The molecule has 6 rings (SSSR count). The van der Waals surface area contributed by atoms with E-state index in [0.717, 1.165) is 68.3 Å². The van der Waals surface area contributed by atoms with Crippen LogP contribution in [0.1, 0.15) is 54.2 Å². The van der Waals surface area contributed by atoms with E-state index in [-0.39, 0.29) is 13.2 Å². The van der Waals surface area contributed by atoms with Gasteiger partial charge in [0.1, 0.15) is 11.6 Å². The molecule has 0 fully saturated rings. The van der Waals surface area contributed by atoms with Crippen molar-refractivity contribution in [3.63, 3.8) is 0 Å². The third-order valence-electron chi connectivity index (χ3n) is 7.55. The van der Waals surface area contributed by atoms with Crippen molar-refractivity contribution in [2.75, 3.05) is 6.61 Å². The summed E-state index contributed by atoms with van der Waals surface area (Å²) in [7, 11) is 0. The van der Waals surface area contributed by atoms with Crippen molar-refractivity contribution < 1.29 is 28.9 Å². The van der Waals surface area contributed by atoms with Crippen molar-refractivity contribution in [3.05, 3.63) is 209 Å². The first-order valence-electron chi connectivity index (χ1n) is 16.7. The summed E-state index contributed by atoms with van der Waals surface area (Å²) in [5, 5.41) is 16.2. The first kappa shape index (κ1) is 42.5. The zero-order valence-electron chi connectivity index (χ0n) is 28.8. The van der Waals surface area contributed by atoms with Crippen molar-refractivity contribution in [2.45, 2.75) is 20.8 Å². The van der Waals surface area contributed by atoms with Crippen molar-refractivity contribution in [2.24, 2.45) is 0 Å². The van der Waals surface area contributed by atoms with E-state index < -0.39 is 11.9 Å². The van der Waals surface area contributed by atoms with E-state index in [9.17, 15) is 4.39 Å². The number of aliphatic carboxylic acids is 2. The molecule has 0 saturated heterocycles. The van der Waals surface area contributed by atoms with Crippen LogP contribution < -0.4 is 4.74 Å². The molecule has 0 spiro atoms. The van der Waals surface area contributed by atoms with Gasteiger partial charge in [0.05, 0.1) is 16.7 Å². The average molecular weight is 764 g/mol. The van der Waals surface area contributed by atoms with Crippen LogP contribution in [0.4, 0.5) is 4.39 Å². The first-order valence-corrected chi connectivity index (χ1v) is 17.4. The van der Waals surface area contributed by atoms with Crippen LogP contribution in [0.15, 0.2) is 170 Å².